The Hall–Kier alpha value is -8.27. The number of thioether (sulfide) groups is 1. The maximum Gasteiger partial charge on any atom is 0.338 e. The lowest BCUT2D eigenvalue weighted by molar-refractivity contribution is -0.302. The van der Waals surface area contributed by atoms with Gasteiger partial charge in [-0.05, 0) is 91.0 Å². The number of carbonyl (C=O) groups excluding carboxylic acids is 6. The molecule has 19 heteroatoms. The van der Waals surface area contributed by atoms with Gasteiger partial charge < -0.3 is 52.1 Å². The van der Waals surface area contributed by atoms with Gasteiger partial charge in [0.05, 0.1) is 46.6 Å². The summed E-state index contributed by atoms with van der Waals surface area (Å²) >= 11 is 1.18. The molecular weight excluding hydrogens is 1120 g/mol. The third kappa shape index (κ3) is 17.2. The van der Waals surface area contributed by atoms with Gasteiger partial charge in [-0.3, -0.25) is 0 Å². The van der Waals surface area contributed by atoms with Crippen molar-refractivity contribution in [1.82, 2.24) is 0 Å². The van der Waals surface area contributed by atoms with E-state index < -0.39 is 118 Å². The predicted octanol–water partition coefficient (Wildman–Crippen LogP) is 10.9. The summed E-state index contributed by atoms with van der Waals surface area (Å²) in [5, 5.41) is 0. The largest absolute Gasteiger partial charge is 0.452 e. The monoisotopic (exact) mass is 1190 g/mol. The summed E-state index contributed by atoms with van der Waals surface area (Å²) in [4.78, 5) is 85.6. The Labute approximate surface area is 497 Å². The number of carbonyl (C=O) groups is 6. The Morgan fingerprint density at radius 2 is 0.671 bits per heavy atom. The summed E-state index contributed by atoms with van der Waals surface area (Å²) in [5.41, 5.74) is -0.0701. The third-order valence-electron chi connectivity index (χ3n) is 13.6. The Morgan fingerprint density at radius 3 is 1.02 bits per heavy atom. The zero-order chi connectivity index (χ0) is 59.5. The smallest absolute Gasteiger partial charge is 0.338 e. The Morgan fingerprint density at radius 1 is 0.376 bits per heavy atom. The molecular formula is C66H64O17SSi. The maximum atomic E-state index is 14.2. The molecule has 2 aliphatic heterocycles. The van der Waals surface area contributed by atoms with Crippen LogP contribution in [0.4, 0.5) is 0 Å². The van der Waals surface area contributed by atoms with Crippen molar-refractivity contribution in [3.63, 3.8) is 0 Å². The van der Waals surface area contributed by atoms with Gasteiger partial charge in [0.25, 0.3) is 0 Å². The van der Waals surface area contributed by atoms with Gasteiger partial charge in [-0.2, -0.15) is 0 Å². The second-order valence-electron chi connectivity index (χ2n) is 21.0. The van der Waals surface area contributed by atoms with E-state index in [9.17, 15) is 28.8 Å². The molecule has 7 aromatic carbocycles. The van der Waals surface area contributed by atoms with Crippen LogP contribution in [0.15, 0.2) is 217 Å². The van der Waals surface area contributed by atoms with Crippen LogP contribution in [-0.4, -0.2) is 131 Å². The average molecular weight is 1190 g/mol. The molecule has 2 aliphatic rings. The van der Waals surface area contributed by atoms with Crippen molar-refractivity contribution in [3.05, 3.63) is 246 Å². The second kappa shape index (κ2) is 30.0. The lowest BCUT2D eigenvalue weighted by atomic mass is 9.97. The highest BCUT2D eigenvalue weighted by atomic mass is 32.2. The molecule has 0 aliphatic carbocycles. The Kier molecular flexibility index (Phi) is 21.6. The first-order valence-corrected chi connectivity index (χ1v) is 32.2. The number of benzene rings is 7. The minimum atomic E-state index is -1.75. The number of hydrogen-bond donors (Lipinski definition) is 0. The van der Waals surface area contributed by atoms with Gasteiger partial charge in [0, 0.05) is 19.6 Å². The quantitative estimate of drug-likeness (QED) is 0.0181. The maximum absolute atomic E-state index is 14.2. The topological polar surface area (TPSA) is 204 Å². The first-order valence-electron chi connectivity index (χ1n) is 27.6. The normalized spacial score (nSPS) is 22.0. The first kappa shape index (κ1) is 61.3. The van der Waals surface area contributed by atoms with Gasteiger partial charge in [-0.1, -0.05) is 159 Å². The van der Waals surface area contributed by atoms with E-state index in [4.69, 9.17) is 52.1 Å². The van der Waals surface area contributed by atoms with Crippen LogP contribution in [0.25, 0.3) is 0 Å². The molecule has 0 amide bonds. The molecule has 2 saturated heterocycles. The minimum absolute atomic E-state index is 0.160. The predicted molar refractivity (Wildman–Crippen MR) is 314 cm³/mol. The summed E-state index contributed by atoms with van der Waals surface area (Å²) < 4.78 is 70.0. The summed E-state index contributed by atoms with van der Waals surface area (Å²) in [6.07, 6.45) is -12.9. The van der Waals surface area contributed by atoms with Gasteiger partial charge in [0.2, 0.25) is 0 Å². The van der Waals surface area contributed by atoms with E-state index >= 15 is 0 Å². The lowest BCUT2D eigenvalue weighted by Crippen LogP contribution is -2.63. The van der Waals surface area contributed by atoms with E-state index in [1.165, 1.54) is 11.8 Å². The molecule has 85 heavy (non-hydrogen) atoms. The van der Waals surface area contributed by atoms with Crippen LogP contribution in [0, 0.1) is 0 Å². The number of ether oxygens (including phenoxy) is 11. The molecule has 9 rings (SSSR count). The van der Waals surface area contributed by atoms with Crippen molar-refractivity contribution in [3.8, 4) is 0 Å². The highest BCUT2D eigenvalue weighted by molar-refractivity contribution is 7.99. The molecule has 0 spiro atoms. The minimum Gasteiger partial charge on any atom is -0.452 e. The highest BCUT2D eigenvalue weighted by Gasteiger charge is 2.55. The molecule has 0 N–H and O–H groups in total. The van der Waals surface area contributed by atoms with Gasteiger partial charge in [0.15, 0.2) is 42.9 Å². The fourth-order valence-corrected chi connectivity index (χ4v) is 11.0. The van der Waals surface area contributed by atoms with Gasteiger partial charge >= 0.3 is 35.8 Å². The molecule has 0 saturated carbocycles. The van der Waals surface area contributed by atoms with E-state index in [-0.39, 0.29) is 46.6 Å². The molecule has 440 valence electrons. The Bertz CT molecular complexity index is 3270. The fraction of sp³-hybridized carbons (Fsp3) is 0.273. The SMILES string of the molecule is C[Si](C)(C)CCO[C@H]1O[C@@H](COCOC[C@H]2O[C@@H](Sc3ccccc3)[C@H](OC(=O)c3ccccc3)[C@@H](OC(=O)c3ccccc3)[C@H]2OC(=O)c2ccccc2)[C@@H](OC(=O)c2ccccc2)[C@@H](OC(=O)c2ccccc2)[C@@H]1OC(=O)c1ccccc1. The Balaban J connectivity index is 1.03. The van der Waals surface area contributed by atoms with Crippen LogP contribution >= 0.6 is 11.8 Å². The molecule has 2 fully saturated rings. The fourth-order valence-electron chi connectivity index (χ4n) is 9.15. The standard InChI is InChI=1S/C66H64O17SSi/c1-85(2,3)40-39-75-65-57(82-63(71)48-33-19-8-20-34-48)55(80-61(69)46-29-15-6-16-30-46)53(78-59(67)44-25-11-4-12-26-44)51(76-65)41-73-43-74-42-52-54(79-60(68)45-27-13-5-14-28-45)56(81-62(70)47-31-17-7-18-32-47)58(83-64(72)49-35-21-9-22-36-49)66(77-52)84-50-37-23-10-24-38-50/h4-38,51-58,65-66H,39-43H2,1-3H3/t51-,52+,53+,54-,55+,56-,57-,58+,65-,66-/m0/s1. The van der Waals surface area contributed by atoms with Crippen LogP contribution in [0.3, 0.4) is 0 Å². The number of rotatable bonds is 24. The molecule has 10 atom stereocenters. The molecule has 2 heterocycles. The molecule has 0 unspecified atom stereocenters. The van der Waals surface area contributed by atoms with E-state index in [0.29, 0.717) is 10.9 Å². The van der Waals surface area contributed by atoms with Crippen LogP contribution in [0.1, 0.15) is 62.1 Å². The zero-order valence-corrected chi connectivity index (χ0v) is 48.7. The van der Waals surface area contributed by atoms with Crippen LogP contribution in [0.5, 0.6) is 0 Å². The van der Waals surface area contributed by atoms with Crippen molar-refractivity contribution in [2.24, 2.45) is 0 Å². The van der Waals surface area contributed by atoms with Crippen molar-refractivity contribution in [1.29, 1.82) is 0 Å². The van der Waals surface area contributed by atoms with Crippen LogP contribution in [0.2, 0.25) is 25.7 Å². The summed E-state index contributed by atoms with van der Waals surface area (Å²) in [5.74, 6) is -4.79. The van der Waals surface area contributed by atoms with E-state index in [2.05, 4.69) is 19.6 Å². The van der Waals surface area contributed by atoms with Crippen LogP contribution in [-0.2, 0) is 52.1 Å². The van der Waals surface area contributed by atoms with Gasteiger partial charge in [-0.25, -0.2) is 28.8 Å². The van der Waals surface area contributed by atoms with E-state index in [1.807, 2.05) is 30.3 Å². The molecule has 17 nitrogen and oxygen atoms in total. The molecule has 0 aromatic heterocycles. The lowest BCUT2D eigenvalue weighted by Gasteiger charge is -2.45. The van der Waals surface area contributed by atoms with E-state index in [0.717, 1.165) is 0 Å². The average Bonchev–Trinajstić information content (AvgIpc) is 3.36. The van der Waals surface area contributed by atoms with E-state index in [1.54, 1.807) is 182 Å². The third-order valence-corrected chi connectivity index (χ3v) is 16.4. The van der Waals surface area contributed by atoms with Crippen molar-refractivity contribution in [2.75, 3.05) is 26.6 Å². The summed E-state index contributed by atoms with van der Waals surface area (Å²) in [7, 11) is -1.75. The summed E-state index contributed by atoms with van der Waals surface area (Å²) in [6.45, 7) is 5.36. The van der Waals surface area contributed by atoms with Crippen molar-refractivity contribution >= 4 is 55.7 Å². The number of esters is 6. The van der Waals surface area contributed by atoms with Crippen molar-refractivity contribution in [2.45, 2.75) is 91.1 Å². The second-order valence-corrected chi connectivity index (χ2v) is 27.8. The summed E-state index contributed by atoms with van der Waals surface area (Å²) in [6, 6.07) is 58.9. The molecule has 7 aromatic rings. The number of hydrogen-bond acceptors (Lipinski definition) is 18. The van der Waals surface area contributed by atoms with Crippen LogP contribution < -0.4 is 0 Å². The van der Waals surface area contributed by atoms with Crippen molar-refractivity contribution < 1.29 is 80.9 Å². The molecule has 0 bridgehead atoms. The first-order chi connectivity index (χ1) is 41.3. The van der Waals surface area contributed by atoms with Gasteiger partial charge in [0.1, 0.15) is 24.4 Å². The highest BCUT2D eigenvalue weighted by Crippen LogP contribution is 2.39. The molecule has 0 radical (unpaired) electrons. The zero-order valence-electron chi connectivity index (χ0n) is 46.9. The van der Waals surface area contributed by atoms with Gasteiger partial charge in [-0.15, -0.1) is 0 Å².